The average molecular weight is 451 g/mol. The molecule has 0 aromatic heterocycles. The summed E-state index contributed by atoms with van der Waals surface area (Å²) >= 11 is 11.0. The summed E-state index contributed by atoms with van der Waals surface area (Å²) in [5.41, 5.74) is 2.62. The number of benzene rings is 2. The second kappa shape index (κ2) is 8.88. The number of ether oxygens (including phenoxy) is 1. The summed E-state index contributed by atoms with van der Waals surface area (Å²) in [6.07, 6.45) is 0. The Morgan fingerprint density at radius 1 is 1.27 bits per heavy atom. The van der Waals surface area contributed by atoms with Gasteiger partial charge in [-0.3, -0.25) is 0 Å². The Hall–Kier alpha value is -1.57. The van der Waals surface area contributed by atoms with E-state index in [0.717, 1.165) is 22.5 Å². The van der Waals surface area contributed by atoms with Crippen LogP contribution in [0.3, 0.4) is 0 Å². The van der Waals surface area contributed by atoms with Crippen LogP contribution in [0.4, 0.5) is 5.69 Å². The van der Waals surface area contributed by atoms with Crippen LogP contribution in [0, 0.1) is 0 Å². The molecule has 7 heteroatoms. The number of thioether (sulfide) groups is 1. The molecular weight excluding hydrogens is 432 g/mol. The monoisotopic (exact) mass is 450 g/mol. The third-order valence-electron chi connectivity index (χ3n) is 3.95. The number of hydrogen-bond donors (Lipinski definition) is 1. The highest BCUT2D eigenvalue weighted by molar-refractivity contribution is 9.10. The lowest BCUT2D eigenvalue weighted by Crippen LogP contribution is -2.34. The van der Waals surface area contributed by atoms with Crippen LogP contribution in [-0.4, -0.2) is 34.9 Å². The van der Waals surface area contributed by atoms with Crippen molar-refractivity contribution in [3.8, 4) is 0 Å². The molecule has 1 aliphatic heterocycles. The number of carbonyl (C=O) groups excluding carboxylic acids is 1. The molecule has 1 atom stereocenters. The Morgan fingerprint density at radius 2 is 1.96 bits per heavy atom. The topological polar surface area (TPSA) is 41.6 Å². The largest absolute Gasteiger partial charge is 0.462 e. The maximum atomic E-state index is 11.7. The molecule has 3 rings (SSSR count). The zero-order valence-corrected chi connectivity index (χ0v) is 17.5. The molecule has 0 bridgehead atoms. The molecule has 2 aromatic rings. The van der Waals surface area contributed by atoms with Gasteiger partial charge in [0.15, 0.2) is 5.11 Å². The number of rotatable bonds is 4. The SMILES string of the molecule is CCOC(=O)c1ccc(NC(=S)N2CCSC2c2ccc(Br)cc2)cc1. The quantitative estimate of drug-likeness (QED) is 0.517. The normalized spacial score (nSPS) is 16.4. The van der Waals surface area contributed by atoms with E-state index in [1.807, 2.05) is 23.9 Å². The summed E-state index contributed by atoms with van der Waals surface area (Å²) in [7, 11) is 0. The van der Waals surface area contributed by atoms with Crippen molar-refractivity contribution in [3.05, 3.63) is 64.1 Å². The van der Waals surface area contributed by atoms with Crippen LogP contribution < -0.4 is 5.32 Å². The zero-order chi connectivity index (χ0) is 18.5. The van der Waals surface area contributed by atoms with Gasteiger partial charge in [-0.25, -0.2) is 4.79 Å². The number of thiocarbonyl (C=S) groups is 1. The van der Waals surface area contributed by atoms with E-state index in [1.165, 1.54) is 5.56 Å². The standard InChI is InChI=1S/C19H19BrN2O2S2/c1-2-24-18(23)14-5-9-16(10-6-14)21-19(25)22-11-12-26-17(22)13-3-7-15(20)8-4-13/h3-10,17H,2,11-12H2,1H3,(H,21,25). The molecular formula is C19H19BrN2O2S2. The van der Waals surface area contributed by atoms with Gasteiger partial charge in [-0.1, -0.05) is 28.1 Å². The van der Waals surface area contributed by atoms with Crippen molar-refractivity contribution < 1.29 is 9.53 Å². The molecule has 4 nitrogen and oxygen atoms in total. The van der Waals surface area contributed by atoms with E-state index in [1.54, 1.807) is 19.1 Å². The van der Waals surface area contributed by atoms with E-state index in [9.17, 15) is 4.79 Å². The molecule has 2 aromatic carbocycles. The maximum Gasteiger partial charge on any atom is 0.338 e. The van der Waals surface area contributed by atoms with Gasteiger partial charge < -0.3 is 15.0 Å². The number of hydrogen-bond acceptors (Lipinski definition) is 4. The van der Waals surface area contributed by atoms with Crippen LogP contribution in [-0.2, 0) is 4.74 Å². The summed E-state index contributed by atoms with van der Waals surface area (Å²) in [5.74, 6) is 0.720. The van der Waals surface area contributed by atoms with Gasteiger partial charge in [0, 0.05) is 22.5 Å². The van der Waals surface area contributed by atoms with Crippen LogP contribution in [0.15, 0.2) is 53.0 Å². The van der Waals surface area contributed by atoms with Crippen LogP contribution in [0.2, 0.25) is 0 Å². The summed E-state index contributed by atoms with van der Waals surface area (Å²) < 4.78 is 6.07. The number of nitrogens with zero attached hydrogens (tertiary/aromatic N) is 1. The van der Waals surface area contributed by atoms with E-state index in [-0.39, 0.29) is 11.3 Å². The smallest absolute Gasteiger partial charge is 0.338 e. The molecule has 1 aliphatic rings. The highest BCUT2D eigenvalue weighted by Gasteiger charge is 2.28. The summed E-state index contributed by atoms with van der Waals surface area (Å²) in [6.45, 7) is 3.06. The highest BCUT2D eigenvalue weighted by atomic mass is 79.9. The average Bonchev–Trinajstić information content (AvgIpc) is 3.13. The van der Waals surface area contributed by atoms with Crippen molar-refractivity contribution in [2.24, 2.45) is 0 Å². The van der Waals surface area contributed by atoms with Crippen LogP contribution in [0.25, 0.3) is 0 Å². The van der Waals surface area contributed by atoms with Gasteiger partial charge in [0.05, 0.1) is 12.2 Å². The van der Waals surface area contributed by atoms with Crippen molar-refractivity contribution in [1.29, 1.82) is 0 Å². The minimum absolute atomic E-state index is 0.210. The number of esters is 1. The molecule has 0 saturated carbocycles. The van der Waals surface area contributed by atoms with E-state index >= 15 is 0 Å². The molecule has 0 radical (unpaired) electrons. The van der Waals surface area contributed by atoms with Gasteiger partial charge in [-0.15, -0.1) is 11.8 Å². The van der Waals surface area contributed by atoms with Crippen molar-refractivity contribution >= 4 is 56.7 Å². The first-order valence-electron chi connectivity index (χ1n) is 8.30. The Bertz CT molecular complexity index is 781. The second-order valence-corrected chi connectivity index (χ2v) is 8.19. The fourth-order valence-corrected chi connectivity index (χ4v) is 4.59. The van der Waals surface area contributed by atoms with Crippen molar-refractivity contribution in [1.82, 2.24) is 4.90 Å². The third kappa shape index (κ3) is 4.58. The lowest BCUT2D eigenvalue weighted by atomic mass is 10.2. The van der Waals surface area contributed by atoms with Gasteiger partial charge in [0.2, 0.25) is 0 Å². The first-order valence-corrected chi connectivity index (χ1v) is 10.6. The predicted molar refractivity (Wildman–Crippen MR) is 115 cm³/mol. The minimum Gasteiger partial charge on any atom is -0.462 e. The van der Waals surface area contributed by atoms with Crippen molar-refractivity contribution in [3.63, 3.8) is 0 Å². The number of nitrogens with one attached hydrogen (secondary N) is 1. The van der Waals surface area contributed by atoms with Gasteiger partial charge in [0.1, 0.15) is 5.37 Å². The van der Waals surface area contributed by atoms with Gasteiger partial charge in [0.25, 0.3) is 0 Å². The van der Waals surface area contributed by atoms with Crippen molar-refractivity contribution in [2.45, 2.75) is 12.3 Å². The Morgan fingerprint density at radius 3 is 2.62 bits per heavy atom. The summed E-state index contributed by atoms with van der Waals surface area (Å²) in [6, 6.07) is 15.5. The minimum atomic E-state index is -0.312. The van der Waals surface area contributed by atoms with Gasteiger partial charge in [-0.2, -0.15) is 0 Å². The Labute approximate surface area is 171 Å². The molecule has 136 valence electrons. The first kappa shape index (κ1) is 19.2. The van der Waals surface area contributed by atoms with E-state index < -0.39 is 0 Å². The van der Waals surface area contributed by atoms with Crippen LogP contribution >= 0.6 is 39.9 Å². The molecule has 0 aliphatic carbocycles. The molecule has 1 fully saturated rings. The molecule has 26 heavy (non-hydrogen) atoms. The predicted octanol–water partition coefficient (Wildman–Crippen LogP) is 5.07. The number of anilines is 1. The fraction of sp³-hybridized carbons (Fsp3) is 0.263. The summed E-state index contributed by atoms with van der Waals surface area (Å²) in [4.78, 5) is 13.9. The molecule has 0 spiro atoms. The van der Waals surface area contributed by atoms with Crippen molar-refractivity contribution in [2.75, 3.05) is 24.2 Å². The fourth-order valence-electron chi connectivity index (χ4n) is 2.68. The summed E-state index contributed by atoms with van der Waals surface area (Å²) in [5, 5.41) is 4.17. The molecule has 1 N–H and O–H groups in total. The van der Waals surface area contributed by atoms with Gasteiger partial charge in [-0.05, 0) is 61.1 Å². The van der Waals surface area contributed by atoms with Crippen LogP contribution in [0.1, 0.15) is 28.2 Å². The van der Waals surface area contributed by atoms with E-state index in [2.05, 4.69) is 50.4 Å². The number of carbonyl (C=O) groups is 1. The van der Waals surface area contributed by atoms with E-state index in [4.69, 9.17) is 17.0 Å². The highest BCUT2D eigenvalue weighted by Crippen LogP contribution is 2.38. The molecule has 1 heterocycles. The third-order valence-corrected chi connectivity index (χ3v) is 6.08. The van der Waals surface area contributed by atoms with E-state index in [0.29, 0.717) is 17.3 Å². The van der Waals surface area contributed by atoms with Crippen LogP contribution in [0.5, 0.6) is 0 Å². The Kier molecular flexibility index (Phi) is 6.56. The first-order chi connectivity index (χ1) is 12.6. The Balaban J connectivity index is 1.67. The lowest BCUT2D eigenvalue weighted by Gasteiger charge is -2.27. The van der Waals surface area contributed by atoms with Gasteiger partial charge >= 0.3 is 5.97 Å². The second-order valence-electron chi connectivity index (χ2n) is 5.70. The maximum absolute atomic E-state index is 11.7. The molecule has 1 saturated heterocycles. The lowest BCUT2D eigenvalue weighted by molar-refractivity contribution is 0.0526. The molecule has 0 amide bonds. The number of halogens is 1. The zero-order valence-electron chi connectivity index (χ0n) is 14.3. The molecule has 1 unspecified atom stereocenters.